The van der Waals surface area contributed by atoms with Crippen molar-refractivity contribution in [3.05, 3.63) is 140 Å². The molecule has 3 aromatic heterocycles. The summed E-state index contributed by atoms with van der Waals surface area (Å²) in [5.74, 6) is 1.90. The van der Waals surface area contributed by atoms with E-state index in [2.05, 4.69) is 91.0 Å². The van der Waals surface area contributed by atoms with Crippen LogP contribution in [0.5, 0.6) is 0 Å². The number of thiophene rings is 1. The first-order valence-electron chi connectivity index (χ1n) is 14.5. The van der Waals surface area contributed by atoms with E-state index in [0.29, 0.717) is 17.5 Å². The van der Waals surface area contributed by atoms with Gasteiger partial charge in [-0.2, -0.15) is 0 Å². The second-order valence-corrected chi connectivity index (χ2v) is 11.9. The lowest BCUT2D eigenvalue weighted by Gasteiger charge is -2.09. The maximum Gasteiger partial charge on any atom is 0.165 e. The molecule has 0 saturated carbocycles. The summed E-state index contributed by atoms with van der Waals surface area (Å²) in [6.45, 7) is 0. The fraction of sp³-hybridized carbons (Fsp3) is 0. The maximum absolute atomic E-state index is 6.43. The Hall–Kier alpha value is -5.65. The number of benzene rings is 6. The Morgan fingerprint density at radius 1 is 0.432 bits per heavy atom. The van der Waals surface area contributed by atoms with Crippen molar-refractivity contribution in [2.24, 2.45) is 0 Å². The van der Waals surface area contributed by atoms with Gasteiger partial charge in [-0.05, 0) is 41.5 Å². The smallest absolute Gasteiger partial charge is 0.165 e. The summed E-state index contributed by atoms with van der Waals surface area (Å²) in [5, 5.41) is 4.63. The van der Waals surface area contributed by atoms with E-state index in [1.165, 1.54) is 20.2 Å². The lowest BCUT2D eigenvalue weighted by Crippen LogP contribution is -2.00. The molecule has 0 spiro atoms. The summed E-state index contributed by atoms with van der Waals surface area (Å²) in [6, 6.07) is 47.9. The Labute approximate surface area is 256 Å². The topological polar surface area (TPSA) is 51.8 Å². The van der Waals surface area contributed by atoms with Crippen molar-refractivity contribution >= 4 is 53.4 Å². The average molecular weight is 582 g/mol. The van der Waals surface area contributed by atoms with Gasteiger partial charge >= 0.3 is 0 Å². The second kappa shape index (κ2) is 9.97. The largest absolute Gasteiger partial charge is 0.456 e. The van der Waals surface area contributed by atoms with Crippen LogP contribution >= 0.6 is 11.3 Å². The molecule has 0 aliphatic carbocycles. The van der Waals surface area contributed by atoms with Crippen LogP contribution in [0.3, 0.4) is 0 Å². The number of fused-ring (bicyclic) bond motifs is 6. The van der Waals surface area contributed by atoms with E-state index in [-0.39, 0.29) is 0 Å². The van der Waals surface area contributed by atoms with Gasteiger partial charge in [-0.15, -0.1) is 11.3 Å². The van der Waals surface area contributed by atoms with E-state index >= 15 is 0 Å². The van der Waals surface area contributed by atoms with E-state index in [1.54, 1.807) is 11.3 Å². The van der Waals surface area contributed by atoms with Crippen LogP contribution in [0.1, 0.15) is 0 Å². The molecule has 5 heteroatoms. The minimum atomic E-state index is 0.609. The molecule has 4 nitrogen and oxygen atoms in total. The number of hydrogen-bond donors (Lipinski definition) is 0. The van der Waals surface area contributed by atoms with Crippen LogP contribution in [-0.4, -0.2) is 15.0 Å². The number of furan rings is 1. The van der Waals surface area contributed by atoms with Gasteiger partial charge in [0.1, 0.15) is 11.2 Å². The van der Waals surface area contributed by atoms with Gasteiger partial charge in [0.2, 0.25) is 0 Å². The molecule has 0 aliphatic heterocycles. The van der Waals surface area contributed by atoms with E-state index < -0.39 is 0 Å². The van der Waals surface area contributed by atoms with Gasteiger partial charge in [-0.3, -0.25) is 0 Å². The Morgan fingerprint density at radius 2 is 1.09 bits per heavy atom. The summed E-state index contributed by atoms with van der Waals surface area (Å²) in [6.07, 6.45) is 0. The highest BCUT2D eigenvalue weighted by molar-refractivity contribution is 7.26. The van der Waals surface area contributed by atoms with Crippen molar-refractivity contribution in [2.45, 2.75) is 0 Å². The second-order valence-electron chi connectivity index (χ2n) is 10.8. The van der Waals surface area contributed by atoms with Crippen LogP contribution in [0.4, 0.5) is 0 Å². The van der Waals surface area contributed by atoms with E-state index in [1.807, 2.05) is 48.5 Å². The third kappa shape index (κ3) is 4.02. The molecule has 0 saturated heterocycles. The fourth-order valence-corrected chi connectivity index (χ4v) is 7.30. The predicted molar refractivity (Wildman–Crippen MR) is 182 cm³/mol. The van der Waals surface area contributed by atoms with E-state index in [9.17, 15) is 0 Å². The van der Waals surface area contributed by atoms with Gasteiger partial charge in [0.25, 0.3) is 0 Å². The van der Waals surface area contributed by atoms with Crippen LogP contribution in [0, 0.1) is 0 Å². The van der Waals surface area contributed by atoms with Crippen LogP contribution in [-0.2, 0) is 0 Å². The van der Waals surface area contributed by atoms with Gasteiger partial charge in [0.15, 0.2) is 17.5 Å². The minimum absolute atomic E-state index is 0.609. The Kier molecular flexibility index (Phi) is 5.64. The number of hydrogen-bond acceptors (Lipinski definition) is 5. The molecule has 0 radical (unpaired) electrons. The van der Waals surface area contributed by atoms with Crippen LogP contribution in [0.25, 0.3) is 87.4 Å². The molecule has 3 heterocycles. The molecule has 0 unspecified atom stereocenters. The average Bonchev–Trinajstić information content (AvgIpc) is 3.67. The third-order valence-corrected chi connectivity index (χ3v) is 9.37. The first kappa shape index (κ1) is 24.9. The molecule has 0 N–H and O–H groups in total. The normalized spacial score (nSPS) is 11.6. The molecule has 0 aliphatic rings. The summed E-state index contributed by atoms with van der Waals surface area (Å²) in [5.41, 5.74) is 6.80. The minimum Gasteiger partial charge on any atom is -0.456 e. The van der Waals surface area contributed by atoms with Gasteiger partial charge in [0, 0.05) is 47.6 Å². The highest BCUT2D eigenvalue weighted by Gasteiger charge is 2.18. The standard InChI is InChI=1S/C39H23N3OS/c1-3-11-24(12-4-1)27-16-10-19-32-35(27)30-22-21-26(23-33(30)43-32)38-40-37(25-13-5-2-6-14-25)41-39(42-38)31-18-9-17-29-28-15-7-8-20-34(28)44-36(29)31/h1-23H. The van der Waals surface area contributed by atoms with Crippen molar-refractivity contribution in [3.8, 4) is 45.3 Å². The SMILES string of the molecule is c1ccc(-c2nc(-c3ccc4c(c3)oc3cccc(-c5ccccc5)c34)nc(-c3cccc4c3sc3ccccc34)n2)cc1. The van der Waals surface area contributed by atoms with Crippen molar-refractivity contribution in [3.63, 3.8) is 0 Å². The summed E-state index contributed by atoms with van der Waals surface area (Å²) < 4.78 is 8.85. The number of rotatable bonds is 4. The Balaban J connectivity index is 1.25. The molecule has 9 rings (SSSR count). The molecule has 0 bridgehead atoms. The maximum atomic E-state index is 6.43. The fourth-order valence-electron chi connectivity index (χ4n) is 6.09. The predicted octanol–water partition coefficient (Wildman–Crippen LogP) is 10.8. The molecule has 206 valence electrons. The summed E-state index contributed by atoms with van der Waals surface area (Å²) in [4.78, 5) is 15.1. The van der Waals surface area contributed by atoms with Gasteiger partial charge < -0.3 is 4.42 Å². The monoisotopic (exact) mass is 581 g/mol. The molecule has 0 amide bonds. The van der Waals surface area contributed by atoms with Crippen LogP contribution < -0.4 is 0 Å². The molecular formula is C39H23N3OS. The van der Waals surface area contributed by atoms with E-state index in [4.69, 9.17) is 19.4 Å². The number of nitrogens with zero attached hydrogens (tertiary/aromatic N) is 3. The molecule has 6 aromatic carbocycles. The lowest BCUT2D eigenvalue weighted by atomic mass is 9.99. The van der Waals surface area contributed by atoms with Crippen LogP contribution in [0.15, 0.2) is 144 Å². The van der Waals surface area contributed by atoms with Crippen molar-refractivity contribution in [1.82, 2.24) is 15.0 Å². The summed E-state index contributed by atoms with van der Waals surface area (Å²) in [7, 11) is 0. The Morgan fingerprint density at radius 3 is 1.93 bits per heavy atom. The molecular weight excluding hydrogens is 559 g/mol. The lowest BCUT2D eigenvalue weighted by molar-refractivity contribution is 0.669. The first-order chi connectivity index (χ1) is 21.8. The van der Waals surface area contributed by atoms with Crippen molar-refractivity contribution in [1.29, 1.82) is 0 Å². The molecule has 0 atom stereocenters. The molecule has 44 heavy (non-hydrogen) atoms. The molecule has 9 aromatic rings. The third-order valence-electron chi connectivity index (χ3n) is 8.15. The van der Waals surface area contributed by atoms with Gasteiger partial charge in [-0.25, -0.2) is 15.0 Å². The zero-order chi connectivity index (χ0) is 29.0. The van der Waals surface area contributed by atoms with Crippen molar-refractivity contribution < 1.29 is 4.42 Å². The summed E-state index contributed by atoms with van der Waals surface area (Å²) >= 11 is 1.77. The highest BCUT2D eigenvalue weighted by Crippen LogP contribution is 2.41. The zero-order valence-corrected chi connectivity index (χ0v) is 24.3. The van der Waals surface area contributed by atoms with E-state index in [0.717, 1.165) is 49.8 Å². The number of aromatic nitrogens is 3. The van der Waals surface area contributed by atoms with Gasteiger partial charge in [0.05, 0.1) is 0 Å². The highest BCUT2D eigenvalue weighted by atomic mass is 32.1. The van der Waals surface area contributed by atoms with Gasteiger partial charge in [-0.1, -0.05) is 109 Å². The quantitative estimate of drug-likeness (QED) is 0.207. The van der Waals surface area contributed by atoms with Crippen LogP contribution in [0.2, 0.25) is 0 Å². The molecule has 0 fully saturated rings. The Bertz CT molecular complexity index is 2500. The van der Waals surface area contributed by atoms with Crippen molar-refractivity contribution in [2.75, 3.05) is 0 Å². The zero-order valence-electron chi connectivity index (χ0n) is 23.4. The first-order valence-corrected chi connectivity index (χ1v) is 15.3.